The van der Waals surface area contributed by atoms with E-state index < -0.39 is 0 Å². The zero-order valence-corrected chi connectivity index (χ0v) is 19.9. The number of rotatable bonds is 6. The minimum absolute atomic E-state index is 0.475. The molecule has 6 rings (SSSR count). The number of hydrogen-bond acceptors (Lipinski definition) is 6. The number of thioether (sulfide) groups is 1. The molecule has 2 aromatic heterocycles. The molecule has 0 fully saturated rings. The van der Waals surface area contributed by atoms with E-state index in [4.69, 9.17) is 9.68 Å². The van der Waals surface area contributed by atoms with Crippen molar-refractivity contribution in [2.45, 2.75) is 11.0 Å². The Bertz CT molecular complexity index is 1700. The van der Waals surface area contributed by atoms with Gasteiger partial charge >= 0.3 is 0 Å². The highest BCUT2D eigenvalue weighted by molar-refractivity contribution is 7.98. The maximum atomic E-state index is 9.12. The first-order chi connectivity index (χ1) is 17.7. The van der Waals surface area contributed by atoms with E-state index in [1.807, 2.05) is 72.8 Å². The molecule has 7 heteroatoms. The quantitative estimate of drug-likeness (QED) is 0.253. The smallest absolute Gasteiger partial charge is 0.277 e. The van der Waals surface area contributed by atoms with Crippen molar-refractivity contribution in [1.29, 1.82) is 5.26 Å². The lowest BCUT2D eigenvalue weighted by Crippen LogP contribution is -1.84. The minimum Gasteiger partial charge on any atom is -0.411 e. The van der Waals surface area contributed by atoms with Gasteiger partial charge in [0.05, 0.1) is 22.7 Å². The van der Waals surface area contributed by atoms with Crippen LogP contribution in [0.1, 0.15) is 11.1 Å². The lowest BCUT2D eigenvalue weighted by molar-refractivity contribution is 0.466. The Morgan fingerprint density at radius 1 is 0.778 bits per heavy atom. The molecule has 2 heterocycles. The summed E-state index contributed by atoms with van der Waals surface area (Å²) >= 11 is 1.50. The number of nitriles is 1. The third-order valence-corrected chi connectivity index (χ3v) is 6.71. The van der Waals surface area contributed by atoms with Gasteiger partial charge < -0.3 is 9.40 Å². The van der Waals surface area contributed by atoms with Crippen LogP contribution >= 0.6 is 11.8 Å². The molecule has 0 saturated carbocycles. The van der Waals surface area contributed by atoms with Crippen LogP contribution < -0.4 is 0 Å². The largest absolute Gasteiger partial charge is 0.411 e. The van der Waals surface area contributed by atoms with E-state index in [0.29, 0.717) is 22.4 Å². The van der Waals surface area contributed by atoms with E-state index in [2.05, 4.69) is 50.5 Å². The molecule has 36 heavy (non-hydrogen) atoms. The van der Waals surface area contributed by atoms with Gasteiger partial charge in [-0.05, 0) is 47.0 Å². The van der Waals surface area contributed by atoms with Gasteiger partial charge in [0, 0.05) is 16.9 Å². The minimum atomic E-state index is 0.475. The highest BCUT2D eigenvalue weighted by Crippen LogP contribution is 2.29. The zero-order chi connectivity index (χ0) is 24.3. The molecular formula is C29H19N5OS. The van der Waals surface area contributed by atoms with Crippen LogP contribution in [-0.4, -0.2) is 20.2 Å². The monoisotopic (exact) mass is 485 g/mol. The Balaban J connectivity index is 1.14. The SMILES string of the molecule is N#Cc1cccc(-c2ccc(CSc3nnc(-c4ccc5nc(-c6ccccc6)[nH]c5c4)o3)cc2)c1. The van der Waals surface area contributed by atoms with Crippen molar-refractivity contribution in [1.82, 2.24) is 20.2 Å². The molecule has 0 radical (unpaired) electrons. The second kappa shape index (κ2) is 9.53. The normalized spacial score (nSPS) is 11.0. The maximum absolute atomic E-state index is 9.12. The first kappa shape index (κ1) is 21.8. The van der Waals surface area contributed by atoms with Crippen molar-refractivity contribution in [3.8, 4) is 40.0 Å². The molecule has 0 bridgehead atoms. The summed E-state index contributed by atoms with van der Waals surface area (Å²) in [7, 11) is 0. The number of aromatic nitrogens is 4. The van der Waals surface area contributed by atoms with Crippen LogP contribution in [0.25, 0.3) is 45.0 Å². The predicted molar refractivity (Wildman–Crippen MR) is 141 cm³/mol. The van der Waals surface area contributed by atoms with Crippen molar-refractivity contribution in [3.63, 3.8) is 0 Å². The maximum Gasteiger partial charge on any atom is 0.277 e. The summed E-state index contributed by atoms with van der Waals surface area (Å²) < 4.78 is 5.93. The molecule has 172 valence electrons. The molecule has 0 aliphatic heterocycles. The Kier molecular flexibility index (Phi) is 5.78. The van der Waals surface area contributed by atoms with Gasteiger partial charge in [-0.25, -0.2) is 4.98 Å². The van der Waals surface area contributed by atoms with Crippen molar-refractivity contribution < 1.29 is 4.42 Å². The summed E-state index contributed by atoms with van der Waals surface area (Å²) in [6.45, 7) is 0. The lowest BCUT2D eigenvalue weighted by Gasteiger charge is -2.04. The topological polar surface area (TPSA) is 91.4 Å². The van der Waals surface area contributed by atoms with Crippen LogP contribution in [0, 0.1) is 11.3 Å². The lowest BCUT2D eigenvalue weighted by atomic mass is 10.0. The molecule has 0 unspecified atom stereocenters. The Morgan fingerprint density at radius 3 is 2.42 bits per heavy atom. The third-order valence-electron chi connectivity index (χ3n) is 5.82. The summed E-state index contributed by atoms with van der Waals surface area (Å²) in [6, 6.07) is 34.0. The standard InChI is InChI=1S/C29H19N5OS/c30-17-20-5-4-8-23(15-20)21-11-9-19(10-12-21)18-36-29-34-33-28(35-29)24-13-14-25-26(16-24)32-27(31-25)22-6-2-1-3-7-22/h1-16H,18H2,(H,31,32). The number of H-pyrrole nitrogens is 1. The van der Waals surface area contributed by atoms with Crippen LogP contribution in [0.3, 0.4) is 0 Å². The van der Waals surface area contributed by atoms with E-state index in [1.165, 1.54) is 11.8 Å². The first-order valence-electron chi connectivity index (χ1n) is 11.4. The van der Waals surface area contributed by atoms with E-state index >= 15 is 0 Å². The highest BCUT2D eigenvalue weighted by Gasteiger charge is 2.12. The summed E-state index contributed by atoms with van der Waals surface area (Å²) in [5.74, 6) is 2.01. The van der Waals surface area contributed by atoms with Gasteiger partial charge in [0.25, 0.3) is 5.22 Å². The summed E-state index contributed by atoms with van der Waals surface area (Å²) in [5.41, 5.74) is 7.58. The van der Waals surface area contributed by atoms with Gasteiger partial charge in [-0.3, -0.25) is 0 Å². The van der Waals surface area contributed by atoms with E-state index in [-0.39, 0.29) is 0 Å². The average molecular weight is 486 g/mol. The Hall–Kier alpha value is -4.67. The van der Waals surface area contributed by atoms with Gasteiger partial charge in [0.15, 0.2) is 0 Å². The molecule has 0 amide bonds. The van der Waals surface area contributed by atoms with Crippen LogP contribution in [0.15, 0.2) is 107 Å². The Morgan fingerprint density at radius 2 is 1.58 bits per heavy atom. The van der Waals surface area contributed by atoms with Crippen molar-refractivity contribution in [2.75, 3.05) is 0 Å². The van der Waals surface area contributed by atoms with Gasteiger partial charge in [-0.15, -0.1) is 10.2 Å². The zero-order valence-electron chi connectivity index (χ0n) is 19.1. The molecule has 0 aliphatic carbocycles. The highest BCUT2D eigenvalue weighted by atomic mass is 32.2. The molecule has 0 spiro atoms. The number of benzene rings is 4. The number of imidazole rings is 1. The molecule has 6 aromatic rings. The van der Waals surface area contributed by atoms with E-state index in [9.17, 15) is 0 Å². The van der Waals surface area contributed by atoms with Crippen molar-refractivity contribution in [2.24, 2.45) is 0 Å². The van der Waals surface area contributed by atoms with Gasteiger partial charge in [0.2, 0.25) is 5.89 Å². The number of fused-ring (bicyclic) bond motifs is 1. The van der Waals surface area contributed by atoms with Gasteiger partial charge in [-0.2, -0.15) is 5.26 Å². The number of nitrogens with zero attached hydrogens (tertiary/aromatic N) is 4. The Labute approximate surface area is 211 Å². The molecule has 0 atom stereocenters. The summed E-state index contributed by atoms with van der Waals surface area (Å²) in [4.78, 5) is 8.06. The summed E-state index contributed by atoms with van der Waals surface area (Å²) in [5, 5.41) is 18.1. The summed E-state index contributed by atoms with van der Waals surface area (Å²) in [6.07, 6.45) is 0. The number of aromatic amines is 1. The first-order valence-corrected chi connectivity index (χ1v) is 12.3. The fraction of sp³-hybridized carbons (Fsp3) is 0.0345. The fourth-order valence-electron chi connectivity index (χ4n) is 3.97. The van der Waals surface area contributed by atoms with Gasteiger partial charge in [0.1, 0.15) is 5.82 Å². The van der Waals surface area contributed by atoms with Gasteiger partial charge in [-0.1, -0.05) is 78.5 Å². The van der Waals surface area contributed by atoms with Crippen LogP contribution in [-0.2, 0) is 5.75 Å². The van der Waals surface area contributed by atoms with Crippen LogP contribution in [0.2, 0.25) is 0 Å². The van der Waals surface area contributed by atoms with Crippen LogP contribution in [0.4, 0.5) is 0 Å². The average Bonchev–Trinajstić information content (AvgIpc) is 3.60. The molecule has 4 aromatic carbocycles. The van der Waals surface area contributed by atoms with E-state index in [0.717, 1.165) is 44.7 Å². The van der Waals surface area contributed by atoms with E-state index in [1.54, 1.807) is 0 Å². The van der Waals surface area contributed by atoms with Crippen LogP contribution in [0.5, 0.6) is 0 Å². The molecular weight excluding hydrogens is 466 g/mol. The number of hydrogen-bond donors (Lipinski definition) is 1. The fourth-order valence-corrected chi connectivity index (χ4v) is 4.69. The van der Waals surface area contributed by atoms with Crippen molar-refractivity contribution in [3.05, 3.63) is 108 Å². The molecule has 1 N–H and O–H groups in total. The second-order valence-electron chi connectivity index (χ2n) is 8.23. The molecule has 0 saturated heterocycles. The molecule has 0 aliphatic rings. The number of nitrogens with one attached hydrogen (secondary N) is 1. The van der Waals surface area contributed by atoms with Crippen molar-refractivity contribution >= 4 is 22.8 Å². The molecule has 6 nitrogen and oxygen atoms in total. The third kappa shape index (κ3) is 4.50. The second-order valence-corrected chi connectivity index (χ2v) is 9.16. The predicted octanol–water partition coefficient (Wildman–Crippen LogP) is 7.11.